The van der Waals surface area contributed by atoms with Crippen LogP contribution in [0.2, 0.25) is 0 Å². The van der Waals surface area contributed by atoms with Crippen LogP contribution in [0.5, 0.6) is 11.5 Å². The minimum absolute atomic E-state index is 0.696. The number of hydrogen-bond acceptors (Lipinski definition) is 3. The number of ether oxygens (including phenoxy) is 2. The Balaban J connectivity index is 2.13. The fourth-order valence-electron chi connectivity index (χ4n) is 1.97. The van der Waals surface area contributed by atoms with E-state index >= 15 is 0 Å². The molecule has 0 amide bonds. The summed E-state index contributed by atoms with van der Waals surface area (Å²) in [5.74, 6) is 1.76. The van der Waals surface area contributed by atoms with Crippen LogP contribution in [0.4, 0.5) is 0 Å². The van der Waals surface area contributed by atoms with Crippen LogP contribution < -0.4 is 10.1 Å². The second kappa shape index (κ2) is 8.17. The van der Waals surface area contributed by atoms with E-state index in [9.17, 15) is 0 Å². The van der Waals surface area contributed by atoms with Gasteiger partial charge in [0, 0.05) is 30.2 Å². The van der Waals surface area contributed by atoms with Crippen LogP contribution in [0.15, 0.2) is 46.9 Å². The summed E-state index contributed by atoms with van der Waals surface area (Å²) in [6, 6.07) is 14.1. The number of halogens is 1. The highest BCUT2D eigenvalue weighted by atomic mass is 79.9. The lowest BCUT2D eigenvalue weighted by atomic mass is 10.2. The molecule has 3 nitrogen and oxygen atoms in total. The van der Waals surface area contributed by atoms with Crippen LogP contribution in [-0.4, -0.2) is 20.3 Å². The molecule has 4 heteroatoms. The van der Waals surface area contributed by atoms with E-state index in [1.54, 1.807) is 7.11 Å². The smallest absolute Gasteiger partial charge is 0.132 e. The van der Waals surface area contributed by atoms with Crippen LogP contribution in [0, 0.1) is 6.92 Å². The molecule has 0 radical (unpaired) electrons. The first-order valence-corrected chi connectivity index (χ1v) is 7.71. The summed E-state index contributed by atoms with van der Waals surface area (Å²) >= 11 is 3.51. The SMILES string of the molecule is COCCNCc1cc(Br)ccc1Oc1ccccc1C. The summed E-state index contributed by atoms with van der Waals surface area (Å²) < 4.78 is 12.1. The first-order valence-electron chi connectivity index (χ1n) is 6.92. The molecule has 21 heavy (non-hydrogen) atoms. The number of hydrogen-bond donors (Lipinski definition) is 1. The largest absolute Gasteiger partial charge is 0.457 e. The van der Waals surface area contributed by atoms with E-state index in [0.717, 1.165) is 40.2 Å². The van der Waals surface area contributed by atoms with Gasteiger partial charge in [0.25, 0.3) is 0 Å². The molecule has 0 saturated carbocycles. The molecule has 0 aromatic heterocycles. The summed E-state index contributed by atoms with van der Waals surface area (Å²) in [5.41, 5.74) is 2.24. The van der Waals surface area contributed by atoms with Crippen LogP contribution in [0.1, 0.15) is 11.1 Å². The molecule has 2 rings (SSSR count). The fourth-order valence-corrected chi connectivity index (χ4v) is 2.38. The average molecular weight is 350 g/mol. The van der Waals surface area contributed by atoms with Gasteiger partial charge in [-0.3, -0.25) is 0 Å². The molecular formula is C17H20BrNO2. The Morgan fingerprint density at radius 2 is 1.90 bits per heavy atom. The monoisotopic (exact) mass is 349 g/mol. The number of benzene rings is 2. The zero-order valence-electron chi connectivity index (χ0n) is 12.4. The highest BCUT2D eigenvalue weighted by molar-refractivity contribution is 9.10. The van der Waals surface area contributed by atoms with Crippen molar-refractivity contribution in [2.75, 3.05) is 20.3 Å². The predicted octanol–water partition coefficient (Wildman–Crippen LogP) is 4.29. The maximum Gasteiger partial charge on any atom is 0.132 e. The van der Waals surface area contributed by atoms with Gasteiger partial charge in [-0.05, 0) is 36.8 Å². The predicted molar refractivity (Wildman–Crippen MR) is 89.0 cm³/mol. The van der Waals surface area contributed by atoms with E-state index in [1.165, 1.54) is 0 Å². The lowest BCUT2D eigenvalue weighted by molar-refractivity contribution is 0.199. The number of para-hydroxylation sites is 1. The summed E-state index contributed by atoms with van der Waals surface area (Å²) in [7, 11) is 1.70. The molecule has 0 atom stereocenters. The fraction of sp³-hybridized carbons (Fsp3) is 0.294. The van der Waals surface area contributed by atoms with Gasteiger partial charge in [0.05, 0.1) is 6.61 Å². The molecule has 2 aromatic rings. The van der Waals surface area contributed by atoms with Gasteiger partial charge < -0.3 is 14.8 Å². The number of nitrogens with one attached hydrogen (secondary N) is 1. The third kappa shape index (κ3) is 4.84. The summed E-state index contributed by atoms with van der Waals surface area (Å²) in [4.78, 5) is 0. The van der Waals surface area contributed by atoms with Crippen molar-refractivity contribution in [1.29, 1.82) is 0 Å². The van der Waals surface area contributed by atoms with Crippen molar-refractivity contribution >= 4 is 15.9 Å². The van der Waals surface area contributed by atoms with Crippen LogP contribution in [-0.2, 0) is 11.3 Å². The first-order chi connectivity index (χ1) is 10.2. The Morgan fingerprint density at radius 3 is 2.67 bits per heavy atom. The molecule has 0 saturated heterocycles. The van der Waals surface area contributed by atoms with Crippen LogP contribution >= 0.6 is 15.9 Å². The van der Waals surface area contributed by atoms with Crippen molar-refractivity contribution in [3.63, 3.8) is 0 Å². The van der Waals surface area contributed by atoms with E-state index in [4.69, 9.17) is 9.47 Å². The van der Waals surface area contributed by atoms with E-state index in [1.807, 2.05) is 43.3 Å². The normalized spacial score (nSPS) is 10.6. The van der Waals surface area contributed by atoms with Crippen molar-refractivity contribution in [2.45, 2.75) is 13.5 Å². The molecular weight excluding hydrogens is 330 g/mol. The zero-order valence-corrected chi connectivity index (χ0v) is 13.9. The minimum atomic E-state index is 0.696. The number of aryl methyl sites for hydroxylation is 1. The van der Waals surface area contributed by atoms with E-state index in [0.29, 0.717) is 6.61 Å². The second-order valence-corrected chi connectivity index (χ2v) is 5.70. The third-order valence-corrected chi connectivity index (χ3v) is 3.63. The Bertz CT molecular complexity index is 587. The lowest BCUT2D eigenvalue weighted by Gasteiger charge is -2.14. The minimum Gasteiger partial charge on any atom is -0.457 e. The van der Waals surface area contributed by atoms with E-state index in [2.05, 4.69) is 27.3 Å². The molecule has 0 aliphatic heterocycles. The molecule has 0 aliphatic rings. The van der Waals surface area contributed by atoms with Crippen LogP contribution in [0.3, 0.4) is 0 Å². The van der Waals surface area contributed by atoms with E-state index in [-0.39, 0.29) is 0 Å². The van der Waals surface area contributed by atoms with Crippen LogP contribution in [0.25, 0.3) is 0 Å². The summed E-state index contributed by atoms with van der Waals surface area (Å²) in [6.07, 6.45) is 0. The molecule has 0 fully saturated rings. The van der Waals surface area contributed by atoms with Gasteiger partial charge in [-0.25, -0.2) is 0 Å². The van der Waals surface area contributed by atoms with Crippen molar-refractivity contribution in [2.24, 2.45) is 0 Å². The van der Waals surface area contributed by atoms with Gasteiger partial charge >= 0.3 is 0 Å². The van der Waals surface area contributed by atoms with Gasteiger partial charge in [-0.2, -0.15) is 0 Å². The lowest BCUT2D eigenvalue weighted by Crippen LogP contribution is -2.18. The molecule has 2 aromatic carbocycles. The number of methoxy groups -OCH3 is 1. The van der Waals surface area contributed by atoms with Crippen molar-refractivity contribution in [3.05, 3.63) is 58.1 Å². The topological polar surface area (TPSA) is 30.5 Å². The maximum absolute atomic E-state index is 6.06. The summed E-state index contributed by atoms with van der Waals surface area (Å²) in [6.45, 7) is 4.30. The molecule has 1 N–H and O–H groups in total. The molecule has 0 bridgehead atoms. The zero-order chi connectivity index (χ0) is 15.1. The molecule has 112 valence electrons. The van der Waals surface area contributed by atoms with E-state index < -0.39 is 0 Å². The molecule has 0 heterocycles. The van der Waals surface area contributed by atoms with Crippen molar-refractivity contribution in [3.8, 4) is 11.5 Å². The first kappa shape index (κ1) is 16.0. The van der Waals surface area contributed by atoms with Crippen molar-refractivity contribution in [1.82, 2.24) is 5.32 Å². The highest BCUT2D eigenvalue weighted by Gasteiger charge is 2.07. The standard InChI is InChI=1S/C17H20BrNO2/c1-13-5-3-4-6-16(13)21-17-8-7-15(18)11-14(17)12-19-9-10-20-2/h3-8,11,19H,9-10,12H2,1-2H3. The quantitative estimate of drug-likeness (QED) is 0.756. The van der Waals surface area contributed by atoms with Gasteiger partial charge in [-0.15, -0.1) is 0 Å². The Hall–Kier alpha value is -1.36. The maximum atomic E-state index is 6.06. The van der Waals surface area contributed by atoms with Gasteiger partial charge in [0.1, 0.15) is 11.5 Å². The molecule has 0 unspecified atom stereocenters. The molecule has 0 spiro atoms. The summed E-state index contributed by atoms with van der Waals surface area (Å²) in [5, 5.41) is 3.34. The highest BCUT2D eigenvalue weighted by Crippen LogP contribution is 2.29. The Labute approximate surface area is 134 Å². The van der Waals surface area contributed by atoms with Gasteiger partial charge in [0.15, 0.2) is 0 Å². The third-order valence-electron chi connectivity index (χ3n) is 3.13. The average Bonchev–Trinajstić information content (AvgIpc) is 2.48. The van der Waals surface area contributed by atoms with Gasteiger partial charge in [0.2, 0.25) is 0 Å². The molecule has 0 aliphatic carbocycles. The van der Waals surface area contributed by atoms with Crippen molar-refractivity contribution < 1.29 is 9.47 Å². The Kier molecular flexibility index (Phi) is 6.23. The second-order valence-electron chi connectivity index (χ2n) is 4.79. The number of rotatable bonds is 7. The van der Waals surface area contributed by atoms with Gasteiger partial charge in [-0.1, -0.05) is 34.1 Å². The Morgan fingerprint density at radius 1 is 1.10 bits per heavy atom.